The molecule has 5 nitrogen and oxygen atoms in total. The maximum absolute atomic E-state index is 13.0. The van der Waals surface area contributed by atoms with E-state index in [-0.39, 0.29) is 0 Å². The first-order valence-electron chi connectivity index (χ1n) is 12.0. The predicted octanol–water partition coefficient (Wildman–Crippen LogP) is 4.06. The van der Waals surface area contributed by atoms with E-state index in [1.54, 1.807) is 7.11 Å². The Labute approximate surface area is 193 Å². The molecule has 172 valence electrons. The van der Waals surface area contributed by atoms with Gasteiger partial charge in [0, 0.05) is 51.7 Å². The van der Waals surface area contributed by atoms with Crippen molar-refractivity contribution in [2.24, 2.45) is 0 Å². The van der Waals surface area contributed by atoms with Gasteiger partial charge in [-0.15, -0.1) is 0 Å². The first-order chi connectivity index (χ1) is 15.5. The summed E-state index contributed by atoms with van der Waals surface area (Å²) in [5.41, 5.74) is 5.01. The zero-order valence-electron chi connectivity index (χ0n) is 19.8. The second-order valence-electron chi connectivity index (χ2n) is 9.33. The molecule has 5 heteroatoms. The molecule has 0 unspecified atom stereocenters. The van der Waals surface area contributed by atoms with Gasteiger partial charge in [0.25, 0.3) is 0 Å². The second-order valence-corrected chi connectivity index (χ2v) is 9.33. The number of aryl methyl sites for hydroxylation is 3. The van der Waals surface area contributed by atoms with Crippen LogP contribution in [0.5, 0.6) is 5.75 Å². The second kappa shape index (κ2) is 10.4. The molecule has 2 heterocycles. The lowest BCUT2D eigenvalue weighted by Gasteiger charge is -2.44. The Kier molecular flexibility index (Phi) is 7.36. The Morgan fingerprint density at radius 1 is 1.00 bits per heavy atom. The number of hydrogen-bond donors (Lipinski definition) is 0. The summed E-state index contributed by atoms with van der Waals surface area (Å²) in [5, 5.41) is 0. The Hall–Kier alpha value is -2.53. The fourth-order valence-electron chi connectivity index (χ4n) is 5.32. The molecule has 0 saturated carbocycles. The lowest BCUT2D eigenvalue weighted by Crippen LogP contribution is -2.56. The Morgan fingerprint density at radius 3 is 2.44 bits per heavy atom. The van der Waals surface area contributed by atoms with E-state index < -0.39 is 0 Å². The number of benzene rings is 2. The topological polar surface area (TPSA) is 36.0 Å². The van der Waals surface area contributed by atoms with Crippen molar-refractivity contribution in [3.05, 3.63) is 59.2 Å². The Bertz CT molecular complexity index is 901. The van der Waals surface area contributed by atoms with Gasteiger partial charge in [0.2, 0.25) is 5.91 Å². The van der Waals surface area contributed by atoms with E-state index in [0.717, 1.165) is 57.9 Å². The average molecular weight is 436 g/mol. The minimum Gasteiger partial charge on any atom is -0.495 e. The van der Waals surface area contributed by atoms with Gasteiger partial charge < -0.3 is 14.5 Å². The number of nitrogens with zero attached hydrogens (tertiary/aromatic N) is 3. The lowest BCUT2D eigenvalue weighted by molar-refractivity contribution is -0.133. The molecule has 0 bridgehead atoms. The molecule has 0 spiro atoms. The van der Waals surface area contributed by atoms with Gasteiger partial charge in [0.15, 0.2) is 0 Å². The van der Waals surface area contributed by atoms with Crippen LogP contribution >= 0.6 is 0 Å². The molecule has 0 aliphatic carbocycles. The molecule has 2 fully saturated rings. The highest BCUT2D eigenvalue weighted by atomic mass is 16.5. The van der Waals surface area contributed by atoms with Crippen molar-refractivity contribution in [3.8, 4) is 5.75 Å². The third kappa shape index (κ3) is 5.44. The van der Waals surface area contributed by atoms with Crippen LogP contribution in [0.15, 0.2) is 42.5 Å². The maximum Gasteiger partial charge on any atom is 0.222 e. The summed E-state index contributed by atoms with van der Waals surface area (Å²) in [6.07, 6.45) is 3.74. The number of hydrogen-bond acceptors (Lipinski definition) is 4. The predicted molar refractivity (Wildman–Crippen MR) is 131 cm³/mol. The van der Waals surface area contributed by atoms with Crippen molar-refractivity contribution < 1.29 is 9.53 Å². The third-order valence-electron chi connectivity index (χ3n) is 6.91. The minimum absolute atomic E-state index is 0.307. The van der Waals surface area contributed by atoms with E-state index in [1.165, 1.54) is 28.8 Å². The number of rotatable bonds is 6. The molecular formula is C27H37N3O2. The van der Waals surface area contributed by atoms with Crippen molar-refractivity contribution in [2.75, 3.05) is 51.3 Å². The quantitative estimate of drug-likeness (QED) is 0.686. The summed E-state index contributed by atoms with van der Waals surface area (Å²) >= 11 is 0. The van der Waals surface area contributed by atoms with Crippen LogP contribution in [0.4, 0.5) is 5.69 Å². The van der Waals surface area contributed by atoms with Crippen LogP contribution < -0.4 is 9.64 Å². The van der Waals surface area contributed by atoms with Crippen molar-refractivity contribution in [1.29, 1.82) is 0 Å². The van der Waals surface area contributed by atoms with Gasteiger partial charge >= 0.3 is 0 Å². The molecule has 4 rings (SSSR count). The van der Waals surface area contributed by atoms with Gasteiger partial charge in [-0.2, -0.15) is 0 Å². The highest BCUT2D eigenvalue weighted by Gasteiger charge is 2.30. The zero-order valence-corrected chi connectivity index (χ0v) is 19.8. The molecule has 0 N–H and O–H groups in total. The number of ether oxygens (including phenoxy) is 1. The van der Waals surface area contributed by atoms with Gasteiger partial charge in [-0.05, 0) is 50.8 Å². The molecule has 2 saturated heterocycles. The van der Waals surface area contributed by atoms with Crippen molar-refractivity contribution >= 4 is 11.6 Å². The standard InChI is InChI=1S/C27H37N3O2/c1-21-17-22(2)19-23(18-21)10-11-27(31)30-12-6-7-24(20-30)28-13-15-29(16-14-28)25-8-4-5-9-26(25)32-3/h4-5,8-9,17-19,24H,6-7,10-16,20H2,1-3H3/t24-/m0/s1. The van der Waals surface area contributed by atoms with Crippen molar-refractivity contribution in [2.45, 2.75) is 45.6 Å². The number of amides is 1. The Balaban J connectivity index is 1.29. The SMILES string of the molecule is COc1ccccc1N1CCN([C@H]2CCCN(C(=O)CCc3cc(C)cc(C)c3)C2)CC1. The molecule has 32 heavy (non-hydrogen) atoms. The number of methoxy groups -OCH3 is 1. The lowest BCUT2D eigenvalue weighted by atomic mass is 10.0. The number of anilines is 1. The summed E-state index contributed by atoms with van der Waals surface area (Å²) in [7, 11) is 1.74. The number of piperidine rings is 1. The van der Waals surface area contributed by atoms with Gasteiger partial charge in [0.1, 0.15) is 5.75 Å². The van der Waals surface area contributed by atoms with Gasteiger partial charge in [0.05, 0.1) is 12.8 Å². The van der Waals surface area contributed by atoms with Crippen LogP contribution in [0.2, 0.25) is 0 Å². The van der Waals surface area contributed by atoms with Crippen LogP contribution in [0.25, 0.3) is 0 Å². The van der Waals surface area contributed by atoms with E-state index in [1.807, 2.05) is 12.1 Å². The highest BCUT2D eigenvalue weighted by molar-refractivity contribution is 5.76. The molecular weight excluding hydrogens is 398 g/mol. The van der Waals surface area contributed by atoms with Gasteiger partial charge in [-0.25, -0.2) is 0 Å². The summed E-state index contributed by atoms with van der Waals surface area (Å²) in [6, 6.07) is 15.4. The van der Waals surface area contributed by atoms with Crippen LogP contribution in [0, 0.1) is 13.8 Å². The zero-order chi connectivity index (χ0) is 22.5. The van der Waals surface area contributed by atoms with Gasteiger partial charge in [-0.3, -0.25) is 9.69 Å². The van der Waals surface area contributed by atoms with Crippen molar-refractivity contribution in [1.82, 2.24) is 9.80 Å². The normalized spacial score (nSPS) is 19.8. The summed E-state index contributed by atoms with van der Waals surface area (Å²) in [5.74, 6) is 1.25. The summed E-state index contributed by atoms with van der Waals surface area (Å²) in [6.45, 7) is 10.1. The number of carbonyl (C=O) groups excluding carboxylic acids is 1. The third-order valence-corrected chi connectivity index (χ3v) is 6.91. The van der Waals surface area contributed by atoms with Crippen LogP contribution in [-0.4, -0.2) is 68.1 Å². The molecule has 1 amide bonds. The van der Waals surface area contributed by atoms with Crippen LogP contribution in [0.1, 0.15) is 36.0 Å². The molecule has 2 aromatic carbocycles. The molecule has 0 aromatic heterocycles. The number of piperazine rings is 1. The van der Waals surface area contributed by atoms with Crippen molar-refractivity contribution in [3.63, 3.8) is 0 Å². The number of likely N-dealkylation sites (tertiary alicyclic amines) is 1. The largest absolute Gasteiger partial charge is 0.495 e. The van der Waals surface area contributed by atoms with E-state index in [0.29, 0.717) is 18.4 Å². The number of para-hydroxylation sites is 2. The Morgan fingerprint density at radius 2 is 1.72 bits per heavy atom. The first-order valence-corrected chi connectivity index (χ1v) is 12.0. The highest BCUT2D eigenvalue weighted by Crippen LogP contribution is 2.29. The summed E-state index contributed by atoms with van der Waals surface area (Å²) in [4.78, 5) is 20.1. The monoisotopic (exact) mass is 435 g/mol. The molecule has 2 aliphatic rings. The average Bonchev–Trinajstić information content (AvgIpc) is 2.82. The molecule has 0 radical (unpaired) electrons. The first kappa shape index (κ1) is 22.7. The maximum atomic E-state index is 13.0. The minimum atomic E-state index is 0.307. The van der Waals surface area contributed by atoms with E-state index in [9.17, 15) is 4.79 Å². The smallest absolute Gasteiger partial charge is 0.222 e. The number of carbonyl (C=O) groups is 1. The molecule has 2 aliphatic heterocycles. The molecule has 1 atom stereocenters. The van der Waals surface area contributed by atoms with E-state index in [2.05, 4.69) is 58.9 Å². The van der Waals surface area contributed by atoms with Crippen LogP contribution in [0.3, 0.4) is 0 Å². The fraction of sp³-hybridized carbons (Fsp3) is 0.519. The van der Waals surface area contributed by atoms with E-state index >= 15 is 0 Å². The molecule has 2 aromatic rings. The summed E-state index contributed by atoms with van der Waals surface area (Å²) < 4.78 is 5.55. The van der Waals surface area contributed by atoms with Crippen LogP contribution in [-0.2, 0) is 11.2 Å². The fourth-order valence-corrected chi connectivity index (χ4v) is 5.32. The van der Waals surface area contributed by atoms with E-state index in [4.69, 9.17) is 4.74 Å². The van der Waals surface area contributed by atoms with Gasteiger partial charge in [-0.1, -0.05) is 41.5 Å².